The highest BCUT2D eigenvalue weighted by molar-refractivity contribution is 5.87. The summed E-state index contributed by atoms with van der Waals surface area (Å²) in [6, 6.07) is 4.87. The Hall–Kier alpha value is -2.64. The van der Waals surface area contributed by atoms with E-state index in [0.29, 0.717) is 31.5 Å². The number of fused-ring (bicyclic) bond motifs is 2. The van der Waals surface area contributed by atoms with Gasteiger partial charge in [-0.3, -0.25) is 14.5 Å². The molecule has 10 heteroatoms. The first-order chi connectivity index (χ1) is 15.1. The highest BCUT2D eigenvalue weighted by Gasteiger charge is 2.51. The summed E-state index contributed by atoms with van der Waals surface area (Å²) in [4.78, 5) is 30.8. The smallest absolute Gasteiger partial charge is 0.330 e. The van der Waals surface area contributed by atoms with Crippen LogP contribution in [0.5, 0.6) is 0 Å². The van der Waals surface area contributed by atoms with E-state index in [0.717, 1.165) is 18.6 Å². The van der Waals surface area contributed by atoms with Crippen molar-refractivity contribution in [2.24, 2.45) is 5.73 Å². The van der Waals surface area contributed by atoms with Crippen molar-refractivity contribution in [1.82, 2.24) is 14.7 Å². The van der Waals surface area contributed by atoms with E-state index in [-0.39, 0.29) is 24.4 Å². The van der Waals surface area contributed by atoms with Gasteiger partial charge in [0.05, 0.1) is 29.8 Å². The fraction of sp³-hybridized carbons (Fsp3) is 0.591. The number of nitrogens with zero attached hydrogens (tertiary/aromatic N) is 4. The fourth-order valence-electron chi connectivity index (χ4n) is 5.24. The van der Waals surface area contributed by atoms with Crippen molar-refractivity contribution in [1.29, 1.82) is 5.26 Å². The van der Waals surface area contributed by atoms with Crippen molar-refractivity contribution < 1.29 is 22.8 Å². The van der Waals surface area contributed by atoms with E-state index < -0.39 is 35.9 Å². The summed E-state index contributed by atoms with van der Waals surface area (Å²) in [7, 11) is 0. The normalized spacial score (nSPS) is 27.6. The van der Waals surface area contributed by atoms with Gasteiger partial charge in [0.2, 0.25) is 11.8 Å². The predicted octanol–water partition coefficient (Wildman–Crippen LogP) is 1.89. The molecule has 1 aromatic carbocycles. The maximum Gasteiger partial charge on any atom is 0.416 e. The molecule has 3 aliphatic heterocycles. The van der Waals surface area contributed by atoms with E-state index in [9.17, 15) is 28.0 Å². The lowest BCUT2D eigenvalue weighted by Gasteiger charge is -2.38. The van der Waals surface area contributed by atoms with Crippen molar-refractivity contribution in [3.8, 4) is 6.07 Å². The molecule has 3 heterocycles. The van der Waals surface area contributed by atoms with Gasteiger partial charge in [0, 0.05) is 25.7 Å². The molecule has 0 aliphatic carbocycles. The monoisotopic (exact) mass is 449 g/mol. The zero-order chi connectivity index (χ0) is 23.2. The molecule has 7 nitrogen and oxygen atoms in total. The van der Waals surface area contributed by atoms with E-state index in [1.807, 2.05) is 4.90 Å². The Kier molecular flexibility index (Phi) is 5.90. The second-order valence-corrected chi connectivity index (χ2v) is 8.83. The SMILES string of the molecule is C[C@H](c1cccc(C(F)(F)F)c1)N1C(=O)[C@@H]2CC1CN2C[C@H](N)C(=O)N1CCC[C@H]1C#N. The summed E-state index contributed by atoms with van der Waals surface area (Å²) < 4.78 is 39.3. The van der Waals surface area contributed by atoms with Crippen LogP contribution in [0.15, 0.2) is 24.3 Å². The summed E-state index contributed by atoms with van der Waals surface area (Å²) in [5.74, 6) is -0.430. The summed E-state index contributed by atoms with van der Waals surface area (Å²) in [6.45, 7) is 2.98. The van der Waals surface area contributed by atoms with Crippen LogP contribution < -0.4 is 5.73 Å². The number of nitriles is 1. The van der Waals surface area contributed by atoms with Crippen LogP contribution in [0.3, 0.4) is 0 Å². The minimum Gasteiger partial charge on any atom is -0.330 e. The molecule has 0 spiro atoms. The molecule has 172 valence electrons. The molecule has 5 atom stereocenters. The molecule has 2 amide bonds. The van der Waals surface area contributed by atoms with Crippen molar-refractivity contribution in [2.45, 2.75) is 62.6 Å². The summed E-state index contributed by atoms with van der Waals surface area (Å²) in [5, 5.41) is 9.20. The number of halogens is 3. The van der Waals surface area contributed by atoms with E-state index in [1.54, 1.807) is 17.9 Å². The highest BCUT2D eigenvalue weighted by Crippen LogP contribution is 2.39. The second-order valence-electron chi connectivity index (χ2n) is 8.83. The topological polar surface area (TPSA) is 93.7 Å². The number of piperazine rings is 1. The molecular weight excluding hydrogens is 423 g/mol. The van der Waals surface area contributed by atoms with Crippen molar-refractivity contribution in [3.05, 3.63) is 35.4 Å². The van der Waals surface area contributed by atoms with Gasteiger partial charge in [-0.15, -0.1) is 0 Å². The van der Waals surface area contributed by atoms with E-state index >= 15 is 0 Å². The van der Waals surface area contributed by atoms with Crippen LogP contribution in [0.25, 0.3) is 0 Å². The van der Waals surface area contributed by atoms with E-state index in [1.165, 1.54) is 11.0 Å². The van der Waals surface area contributed by atoms with Crippen LogP contribution in [-0.2, 0) is 15.8 Å². The maximum atomic E-state index is 13.1. The molecule has 1 aromatic rings. The largest absolute Gasteiger partial charge is 0.416 e. The van der Waals surface area contributed by atoms with Gasteiger partial charge in [-0.2, -0.15) is 18.4 Å². The third-order valence-electron chi connectivity index (χ3n) is 6.86. The van der Waals surface area contributed by atoms with Crippen LogP contribution in [0.1, 0.15) is 43.4 Å². The lowest BCUT2D eigenvalue weighted by Crippen LogP contribution is -2.56. The molecular formula is C22H26F3N5O2. The average molecular weight is 449 g/mol. The van der Waals surface area contributed by atoms with Gasteiger partial charge < -0.3 is 15.5 Å². The molecule has 3 saturated heterocycles. The molecule has 0 radical (unpaired) electrons. The molecule has 1 unspecified atom stereocenters. The zero-order valence-corrected chi connectivity index (χ0v) is 17.8. The van der Waals surface area contributed by atoms with Gasteiger partial charge in [-0.05, 0) is 43.9 Å². The fourth-order valence-corrected chi connectivity index (χ4v) is 5.24. The number of likely N-dealkylation sites (tertiary alicyclic amines) is 3. The molecule has 4 rings (SSSR count). The first-order valence-electron chi connectivity index (χ1n) is 10.8. The number of nitrogens with two attached hydrogens (primary N) is 1. The second kappa shape index (κ2) is 8.37. The van der Waals surface area contributed by atoms with Crippen molar-refractivity contribution >= 4 is 11.8 Å². The van der Waals surface area contributed by atoms with Crippen LogP contribution in [-0.4, -0.2) is 70.3 Å². The minimum atomic E-state index is -4.44. The third-order valence-corrected chi connectivity index (χ3v) is 6.86. The summed E-state index contributed by atoms with van der Waals surface area (Å²) in [6.07, 6.45) is -2.47. The van der Waals surface area contributed by atoms with Crippen molar-refractivity contribution in [3.63, 3.8) is 0 Å². The Bertz CT molecular complexity index is 946. The zero-order valence-electron chi connectivity index (χ0n) is 17.8. The van der Waals surface area contributed by atoms with Gasteiger partial charge in [0.25, 0.3) is 0 Å². The number of amides is 2. The molecule has 3 aliphatic rings. The predicted molar refractivity (Wildman–Crippen MR) is 109 cm³/mol. The lowest BCUT2D eigenvalue weighted by atomic mass is 10.0. The van der Waals surface area contributed by atoms with Gasteiger partial charge in [-0.25, -0.2) is 0 Å². The minimum absolute atomic E-state index is 0.141. The van der Waals surface area contributed by atoms with Gasteiger partial charge >= 0.3 is 6.18 Å². The maximum absolute atomic E-state index is 13.1. The van der Waals surface area contributed by atoms with Gasteiger partial charge in [0.15, 0.2) is 0 Å². The summed E-state index contributed by atoms with van der Waals surface area (Å²) in [5.41, 5.74) is 5.85. The Morgan fingerprint density at radius 2 is 2.12 bits per heavy atom. The Labute approximate surface area is 184 Å². The quantitative estimate of drug-likeness (QED) is 0.741. The molecule has 32 heavy (non-hydrogen) atoms. The number of benzene rings is 1. The number of alkyl halides is 3. The van der Waals surface area contributed by atoms with E-state index in [4.69, 9.17) is 5.73 Å². The highest BCUT2D eigenvalue weighted by atomic mass is 19.4. The standard InChI is InChI=1S/C22H26F3N5O2/c1-13(14-4-2-5-15(8-14)22(23,24)25)30-17-9-19(21(30)32)28(11-17)12-18(27)20(31)29-7-3-6-16(29)10-26/h2,4-5,8,13,16-19H,3,6-7,9,11-12,27H2,1H3/t13-,16+,17?,18+,19+/m1/s1. The number of carbonyl (C=O) groups is 2. The lowest BCUT2D eigenvalue weighted by molar-refractivity contribution is -0.141. The molecule has 0 saturated carbocycles. The molecule has 2 bridgehead atoms. The first-order valence-corrected chi connectivity index (χ1v) is 10.8. The molecule has 0 aromatic heterocycles. The van der Waals surface area contributed by atoms with Crippen LogP contribution >= 0.6 is 0 Å². The number of rotatable bonds is 5. The van der Waals surface area contributed by atoms with Crippen molar-refractivity contribution in [2.75, 3.05) is 19.6 Å². The number of carbonyl (C=O) groups excluding carboxylic acids is 2. The number of hydrogen-bond donors (Lipinski definition) is 1. The van der Waals surface area contributed by atoms with Crippen LogP contribution in [0, 0.1) is 11.3 Å². The van der Waals surface area contributed by atoms with Gasteiger partial charge in [-0.1, -0.05) is 12.1 Å². The Morgan fingerprint density at radius 1 is 1.38 bits per heavy atom. The Balaban J connectivity index is 1.41. The van der Waals surface area contributed by atoms with Crippen LogP contribution in [0.4, 0.5) is 13.2 Å². The number of hydrogen-bond acceptors (Lipinski definition) is 5. The van der Waals surface area contributed by atoms with Crippen LogP contribution in [0.2, 0.25) is 0 Å². The van der Waals surface area contributed by atoms with E-state index in [2.05, 4.69) is 6.07 Å². The third kappa shape index (κ3) is 3.95. The first kappa shape index (κ1) is 22.6. The molecule has 3 fully saturated rings. The average Bonchev–Trinajstić information content (AvgIpc) is 3.46. The Morgan fingerprint density at radius 3 is 2.78 bits per heavy atom. The molecule has 2 N–H and O–H groups in total. The van der Waals surface area contributed by atoms with Gasteiger partial charge in [0.1, 0.15) is 6.04 Å². The summed E-state index contributed by atoms with van der Waals surface area (Å²) >= 11 is 0.